The Labute approximate surface area is 184 Å². The van der Waals surface area contributed by atoms with Crippen LogP contribution >= 0.6 is 11.3 Å². The van der Waals surface area contributed by atoms with Gasteiger partial charge in [0.15, 0.2) is 0 Å². The van der Waals surface area contributed by atoms with Crippen molar-refractivity contribution in [1.82, 2.24) is 20.0 Å². The fourth-order valence-corrected chi connectivity index (χ4v) is 4.47. The molecule has 1 aromatic carbocycles. The maximum Gasteiger partial charge on any atom is 0.286 e. The third-order valence-electron chi connectivity index (χ3n) is 5.49. The first-order valence-electron chi connectivity index (χ1n) is 10.4. The summed E-state index contributed by atoms with van der Waals surface area (Å²) in [4.78, 5) is 41.6. The molecule has 2 aromatic rings. The highest BCUT2D eigenvalue weighted by Crippen LogP contribution is 2.23. The quantitative estimate of drug-likeness (QED) is 0.773. The number of nitrogens with zero attached hydrogens (tertiary/aromatic N) is 4. The molecule has 10 heteroatoms. The number of aryl methyl sites for hydroxylation is 1. The predicted molar refractivity (Wildman–Crippen MR) is 115 cm³/mol. The minimum absolute atomic E-state index is 0.0798. The summed E-state index contributed by atoms with van der Waals surface area (Å²) in [7, 11) is 0. The molecule has 31 heavy (non-hydrogen) atoms. The second kappa shape index (κ2) is 9.52. The van der Waals surface area contributed by atoms with Crippen molar-refractivity contribution in [2.24, 2.45) is 5.92 Å². The van der Waals surface area contributed by atoms with Crippen LogP contribution in [0, 0.1) is 12.8 Å². The first-order valence-corrected chi connectivity index (χ1v) is 11.2. The number of carbonyl (C=O) groups is 3. The zero-order valence-electron chi connectivity index (χ0n) is 17.4. The molecule has 9 nitrogen and oxygen atoms in total. The van der Waals surface area contributed by atoms with E-state index in [1.807, 2.05) is 24.0 Å². The van der Waals surface area contributed by atoms with Gasteiger partial charge in [-0.25, -0.2) is 0 Å². The van der Waals surface area contributed by atoms with Crippen LogP contribution in [0.1, 0.15) is 38.0 Å². The molecule has 1 unspecified atom stereocenters. The smallest absolute Gasteiger partial charge is 0.286 e. The second-order valence-electron chi connectivity index (χ2n) is 7.76. The number of piperidine rings is 1. The van der Waals surface area contributed by atoms with Crippen molar-refractivity contribution < 1.29 is 19.1 Å². The Morgan fingerprint density at radius 3 is 2.48 bits per heavy atom. The van der Waals surface area contributed by atoms with Gasteiger partial charge < -0.3 is 19.9 Å². The lowest BCUT2D eigenvalue weighted by Crippen LogP contribution is -2.49. The Bertz CT molecular complexity index is 955. The van der Waals surface area contributed by atoms with E-state index in [-0.39, 0.29) is 27.7 Å². The van der Waals surface area contributed by atoms with Gasteiger partial charge in [0.25, 0.3) is 11.8 Å². The maximum atomic E-state index is 12.9. The van der Waals surface area contributed by atoms with E-state index in [1.165, 1.54) is 0 Å². The number of likely N-dealkylation sites (tertiary alicyclic amines) is 1. The molecule has 2 aliphatic rings. The van der Waals surface area contributed by atoms with Gasteiger partial charge in [-0.3, -0.25) is 14.4 Å². The molecule has 0 aliphatic carbocycles. The molecule has 0 bridgehead atoms. The van der Waals surface area contributed by atoms with E-state index < -0.39 is 5.91 Å². The summed E-state index contributed by atoms with van der Waals surface area (Å²) in [6, 6.07) is 7.41. The van der Waals surface area contributed by atoms with Crippen LogP contribution in [0.2, 0.25) is 0 Å². The van der Waals surface area contributed by atoms with E-state index in [1.54, 1.807) is 17.0 Å². The van der Waals surface area contributed by atoms with Gasteiger partial charge in [0, 0.05) is 31.9 Å². The summed E-state index contributed by atoms with van der Waals surface area (Å²) in [6.07, 6.45) is 1.52. The average molecular weight is 444 g/mol. The Morgan fingerprint density at radius 1 is 1.03 bits per heavy atom. The fourth-order valence-electron chi connectivity index (χ4n) is 3.76. The van der Waals surface area contributed by atoms with Crippen LogP contribution in [0.25, 0.3) is 0 Å². The second-order valence-corrected chi connectivity index (χ2v) is 8.74. The van der Waals surface area contributed by atoms with Gasteiger partial charge >= 0.3 is 0 Å². The summed E-state index contributed by atoms with van der Waals surface area (Å²) in [5, 5.41) is 10.9. The summed E-state index contributed by atoms with van der Waals surface area (Å²) < 4.78 is 5.31. The van der Waals surface area contributed by atoms with Crippen LogP contribution in [0.3, 0.4) is 0 Å². The fraction of sp³-hybridized carbons (Fsp3) is 0.476. The van der Waals surface area contributed by atoms with Crippen molar-refractivity contribution in [3.63, 3.8) is 0 Å². The van der Waals surface area contributed by atoms with Crippen molar-refractivity contribution in [1.29, 1.82) is 0 Å². The van der Waals surface area contributed by atoms with Gasteiger partial charge in [0.05, 0.1) is 19.1 Å². The number of nitrogens with one attached hydrogen (secondary N) is 1. The van der Waals surface area contributed by atoms with Gasteiger partial charge in [-0.05, 0) is 31.9 Å². The number of ether oxygens (including phenoxy) is 1. The van der Waals surface area contributed by atoms with E-state index in [4.69, 9.17) is 4.74 Å². The molecule has 0 spiro atoms. The molecule has 2 saturated heterocycles. The third kappa shape index (κ3) is 5.08. The van der Waals surface area contributed by atoms with Crippen molar-refractivity contribution in [2.75, 3.05) is 44.7 Å². The lowest BCUT2D eigenvalue weighted by molar-refractivity contribution is -0.141. The van der Waals surface area contributed by atoms with Crippen LogP contribution in [-0.2, 0) is 9.53 Å². The van der Waals surface area contributed by atoms with Crippen LogP contribution in [0.4, 0.5) is 5.69 Å². The Kier molecular flexibility index (Phi) is 6.57. The highest BCUT2D eigenvalue weighted by atomic mass is 32.1. The lowest BCUT2D eigenvalue weighted by atomic mass is 9.96. The third-order valence-corrected chi connectivity index (χ3v) is 6.40. The van der Waals surface area contributed by atoms with Crippen molar-refractivity contribution in [3.05, 3.63) is 39.8 Å². The van der Waals surface area contributed by atoms with Crippen molar-refractivity contribution in [2.45, 2.75) is 19.8 Å². The minimum Gasteiger partial charge on any atom is -0.378 e. The molecule has 0 radical (unpaired) electrons. The normalized spacial score (nSPS) is 19.2. The number of morpholine rings is 1. The van der Waals surface area contributed by atoms with Gasteiger partial charge in [-0.15, -0.1) is 10.2 Å². The zero-order chi connectivity index (χ0) is 21.8. The van der Waals surface area contributed by atoms with E-state index in [9.17, 15) is 14.4 Å². The topological polar surface area (TPSA) is 105 Å². The number of rotatable bonds is 4. The first kappa shape index (κ1) is 21.4. The van der Waals surface area contributed by atoms with Crippen LogP contribution in [0.15, 0.2) is 24.3 Å². The predicted octanol–water partition coefficient (Wildman–Crippen LogP) is 1.81. The molecule has 1 aromatic heterocycles. The van der Waals surface area contributed by atoms with Crippen LogP contribution in [0.5, 0.6) is 0 Å². The number of benzene rings is 1. The number of carbonyl (C=O) groups excluding carboxylic acids is 3. The van der Waals surface area contributed by atoms with Gasteiger partial charge in [-0.1, -0.05) is 29.0 Å². The zero-order valence-corrected chi connectivity index (χ0v) is 18.2. The average Bonchev–Trinajstić information content (AvgIpc) is 3.31. The largest absolute Gasteiger partial charge is 0.378 e. The van der Waals surface area contributed by atoms with Crippen LogP contribution < -0.4 is 5.32 Å². The summed E-state index contributed by atoms with van der Waals surface area (Å²) in [5.74, 6) is -0.824. The number of hydrogen-bond acceptors (Lipinski definition) is 7. The highest BCUT2D eigenvalue weighted by Gasteiger charge is 2.33. The Balaban J connectivity index is 1.37. The van der Waals surface area contributed by atoms with E-state index in [0.717, 1.165) is 29.7 Å². The van der Waals surface area contributed by atoms with E-state index >= 15 is 0 Å². The molecule has 1 atom stereocenters. The number of aromatic nitrogens is 2. The lowest BCUT2D eigenvalue weighted by Gasteiger charge is -2.35. The molecule has 2 fully saturated rings. The number of hydrogen-bond donors (Lipinski definition) is 1. The summed E-state index contributed by atoms with van der Waals surface area (Å²) in [6.45, 7) is 5.19. The number of anilines is 1. The minimum atomic E-state index is -0.403. The molecule has 1 N–H and O–H groups in total. The van der Waals surface area contributed by atoms with E-state index in [2.05, 4.69) is 15.5 Å². The molecule has 3 amide bonds. The SMILES string of the molecule is Cc1ccc(NC(=O)c2nnc(C(=O)N3CCCC(C(=O)N4CCOCC4)C3)s2)cc1. The monoisotopic (exact) mass is 443 g/mol. The summed E-state index contributed by atoms with van der Waals surface area (Å²) >= 11 is 0.965. The molecule has 3 heterocycles. The molecule has 4 rings (SSSR count). The summed E-state index contributed by atoms with van der Waals surface area (Å²) in [5.41, 5.74) is 1.74. The standard InChI is InChI=1S/C21H25N5O4S/c1-14-4-6-16(7-5-14)22-17(27)18-23-24-19(31-18)21(29)26-8-2-3-15(13-26)20(28)25-9-11-30-12-10-25/h4-7,15H,2-3,8-13H2,1H3,(H,22,27). The molecule has 164 valence electrons. The van der Waals surface area contributed by atoms with Gasteiger partial charge in [-0.2, -0.15) is 0 Å². The van der Waals surface area contributed by atoms with Crippen molar-refractivity contribution >= 4 is 34.7 Å². The van der Waals surface area contributed by atoms with Gasteiger partial charge in [0.1, 0.15) is 0 Å². The molecular formula is C21H25N5O4S. The number of amides is 3. The molecular weight excluding hydrogens is 418 g/mol. The molecule has 2 aliphatic heterocycles. The van der Waals surface area contributed by atoms with Crippen LogP contribution in [-0.4, -0.2) is 77.1 Å². The van der Waals surface area contributed by atoms with Crippen molar-refractivity contribution in [3.8, 4) is 0 Å². The molecule has 0 saturated carbocycles. The Morgan fingerprint density at radius 2 is 1.74 bits per heavy atom. The van der Waals surface area contributed by atoms with Gasteiger partial charge in [0.2, 0.25) is 15.9 Å². The maximum absolute atomic E-state index is 12.9. The Hall–Kier alpha value is -2.85. The van der Waals surface area contributed by atoms with E-state index in [0.29, 0.717) is 45.1 Å². The first-order chi connectivity index (χ1) is 15.0. The highest BCUT2D eigenvalue weighted by molar-refractivity contribution is 7.15.